The normalized spacial score (nSPS) is 18.2. The minimum atomic E-state index is 0.134. The average Bonchev–Trinajstić information content (AvgIpc) is 2.60. The van der Waals surface area contributed by atoms with Crippen molar-refractivity contribution in [3.05, 3.63) is 65.7 Å². The van der Waals surface area contributed by atoms with Gasteiger partial charge in [-0.25, -0.2) is 0 Å². The molecule has 3 rings (SSSR count). The molecular formula is C23H31NO. The third-order valence-electron chi connectivity index (χ3n) is 6.10. The molecular weight excluding hydrogens is 306 g/mol. The summed E-state index contributed by atoms with van der Waals surface area (Å²) in [5.41, 5.74) is 3.02. The van der Waals surface area contributed by atoms with E-state index in [-0.39, 0.29) is 10.8 Å². The van der Waals surface area contributed by atoms with Gasteiger partial charge < -0.3 is 10.0 Å². The van der Waals surface area contributed by atoms with Crippen molar-refractivity contribution >= 4 is 0 Å². The molecule has 1 aliphatic heterocycles. The molecule has 1 aliphatic rings. The fraction of sp³-hybridized carbons (Fsp3) is 0.478. The summed E-state index contributed by atoms with van der Waals surface area (Å²) in [4.78, 5) is 2.60. The fourth-order valence-electron chi connectivity index (χ4n) is 4.37. The Morgan fingerprint density at radius 1 is 0.960 bits per heavy atom. The summed E-state index contributed by atoms with van der Waals surface area (Å²) < 4.78 is 0. The number of rotatable bonds is 4. The number of hydrogen-bond donors (Lipinski definition) is 1. The Bertz CT molecular complexity index is 679. The van der Waals surface area contributed by atoms with E-state index in [0.717, 1.165) is 38.9 Å². The first-order chi connectivity index (χ1) is 11.9. The first-order valence-corrected chi connectivity index (χ1v) is 9.47. The highest BCUT2D eigenvalue weighted by atomic mass is 16.3. The monoisotopic (exact) mass is 337 g/mol. The van der Waals surface area contributed by atoms with Gasteiger partial charge in [0.05, 0.1) is 0 Å². The Labute approximate surface area is 152 Å². The first kappa shape index (κ1) is 18.0. The molecule has 0 atom stereocenters. The predicted molar refractivity (Wildman–Crippen MR) is 105 cm³/mol. The Morgan fingerprint density at radius 3 is 2.24 bits per heavy atom. The molecule has 1 saturated heterocycles. The van der Waals surface area contributed by atoms with E-state index in [1.54, 1.807) is 6.07 Å². The van der Waals surface area contributed by atoms with Gasteiger partial charge in [0, 0.05) is 12.0 Å². The van der Waals surface area contributed by atoms with Crippen molar-refractivity contribution in [3.63, 3.8) is 0 Å². The minimum Gasteiger partial charge on any atom is -0.508 e. The Morgan fingerprint density at radius 2 is 1.64 bits per heavy atom. The summed E-state index contributed by atoms with van der Waals surface area (Å²) in [6.07, 6.45) is 3.42. The van der Waals surface area contributed by atoms with Crippen LogP contribution in [0.2, 0.25) is 0 Å². The Hall–Kier alpha value is -1.80. The quantitative estimate of drug-likeness (QED) is 0.847. The lowest BCUT2D eigenvalue weighted by atomic mass is 9.58. The third-order valence-corrected chi connectivity index (χ3v) is 6.10. The first-order valence-electron chi connectivity index (χ1n) is 9.47. The zero-order chi connectivity index (χ0) is 17.9. The maximum Gasteiger partial charge on any atom is 0.115 e. The number of benzene rings is 2. The molecule has 0 unspecified atom stereocenters. The molecule has 0 spiro atoms. The van der Waals surface area contributed by atoms with Crippen LogP contribution in [0.4, 0.5) is 0 Å². The van der Waals surface area contributed by atoms with E-state index in [2.05, 4.69) is 62.1 Å². The van der Waals surface area contributed by atoms with Crippen molar-refractivity contribution in [3.8, 4) is 5.75 Å². The summed E-state index contributed by atoms with van der Waals surface area (Å²) in [5.74, 6) is 0.382. The minimum absolute atomic E-state index is 0.134. The lowest BCUT2D eigenvalue weighted by Gasteiger charge is -2.50. The molecule has 0 aromatic heterocycles. The van der Waals surface area contributed by atoms with E-state index >= 15 is 0 Å². The van der Waals surface area contributed by atoms with Crippen LogP contribution in [0.5, 0.6) is 5.75 Å². The van der Waals surface area contributed by atoms with Crippen LogP contribution in [0, 0.1) is 5.41 Å². The highest BCUT2D eigenvalue weighted by Crippen LogP contribution is 2.49. The van der Waals surface area contributed by atoms with Gasteiger partial charge >= 0.3 is 0 Å². The summed E-state index contributed by atoms with van der Waals surface area (Å²) >= 11 is 0. The van der Waals surface area contributed by atoms with Crippen molar-refractivity contribution in [1.29, 1.82) is 0 Å². The predicted octanol–water partition coefficient (Wildman–Crippen LogP) is 5.01. The maximum absolute atomic E-state index is 9.98. The molecule has 1 heterocycles. The Balaban J connectivity index is 1.70. The van der Waals surface area contributed by atoms with Gasteiger partial charge in [0.25, 0.3) is 0 Å². The van der Waals surface area contributed by atoms with Crippen LogP contribution in [-0.2, 0) is 11.8 Å². The van der Waals surface area contributed by atoms with E-state index in [1.165, 1.54) is 11.1 Å². The van der Waals surface area contributed by atoms with Crippen LogP contribution in [0.15, 0.2) is 54.6 Å². The van der Waals surface area contributed by atoms with E-state index < -0.39 is 0 Å². The number of nitrogens with zero attached hydrogens (tertiary/aromatic N) is 1. The van der Waals surface area contributed by atoms with Crippen LogP contribution in [0.1, 0.15) is 44.7 Å². The fourth-order valence-corrected chi connectivity index (χ4v) is 4.37. The third kappa shape index (κ3) is 3.90. The van der Waals surface area contributed by atoms with Crippen LogP contribution in [0.3, 0.4) is 0 Å². The van der Waals surface area contributed by atoms with E-state index in [9.17, 15) is 5.11 Å². The van der Waals surface area contributed by atoms with Gasteiger partial charge in [-0.1, -0.05) is 63.2 Å². The molecule has 2 heteroatoms. The number of piperidine rings is 1. The molecule has 134 valence electrons. The number of phenolic OH excluding ortho intramolecular Hbond substituents is 1. The van der Waals surface area contributed by atoms with Gasteiger partial charge in [-0.3, -0.25) is 0 Å². The highest BCUT2D eigenvalue weighted by molar-refractivity contribution is 5.35. The van der Waals surface area contributed by atoms with Crippen molar-refractivity contribution in [2.45, 2.75) is 45.4 Å². The van der Waals surface area contributed by atoms with Gasteiger partial charge in [0.1, 0.15) is 5.75 Å². The van der Waals surface area contributed by atoms with E-state index in [1.807, 2.05) is 12.1 Å². The molecule has 0 aliphatic carbocycles. The molecule has 1 fully saturated rings. The highest BCUT2D eigenvalue weighted by Gasteiger charge is 2.45. The summed E-state index contributed by atoms with van der Waals surface area (Å²) in [7, 11) is 0. The molecule has 1 N–H and O–H groups in total. The largest absolute Gasteiger partial charge is 0.508 e. The molecule has 2 aromatic rings. The van der Waals surface area contributed by atoms with E-state index in [4.69, 9.17) is 0 Å². The molecule has 0 radical (unpaired) electrons. The number of likely N-dealkylation sites (tertiary alicyclic amines) is 1. The molecule has 25 heavy (non-hydrogen) atoms. The SMILES string of the molecule is CC(C)(C)C1(c2cccc(O)c2)CCN(CCc2ccccc2)CC1. The van der Waals surface area contributed by atoms with Gasteiger partial charge in [-0.05, 0) is 61.0 Å². The van der Waals surface area contributed by atoms with Crippen molar-refractivity contribution in [1.82, 2.24) is 4.90 Å². The van der Waals surface area contributed by atoms with E-state index in [0.29, 0.717) is 5.75 Å². The number of hydrogen-bond acceptors (Lipinski definition) is 2. The van der Waals surface area contributed by atoms with Crippen molar-refractivity contribution in [2.75, 3.05) is 19.6 Å². The van der Waals surface area contributed by atoms with Gasteiger partial charge in [-0.15, -0.1) is 0 Å². The molecule has 2 aromatic carbocycles. The Kier molecular flexibility index (Phi) is 5.19. The van der Waals surface area contributed by atoms with Gasteiger partial charge in [0.15, 0.2) is 0 Å². The van der Waals surface area contributed by atoms with Crippen LogP contribution >= 0.6 is 0 Å². The second-order valence-corrected chi connectivity index (χ2v) is 8.46. The molecule has 0 amide bonds. The molecule has 0 saturated carbocycles. The topological polar surface area (TPSA) is 23.5 Å². The average molecular weight is 338 g/mol. The summed E-state index contributed by atoms with van der Waals surface area (Å²) in [6.45, 7) is 10.4. The van der Waals surface area contributed by atoms with Crippen LogP contribution < -0.4 is 0 Å². The van der Waals surface area contributed by atoms with Crippen molar-refractivity contribution < 1.29 is 5.11 Å². The second kappa shape index (κ2) is 7.21. The second-order valence-electron chi connectivity index (χ2n) is 8.46. The summed E-state index contributed by atoms with van der Waals surface area (Å²) in [6, 6.07) is 18.7. The van der Waals surface area contributed by atoms with Crippen molar-refractivity contribution in [2.24, 2.45) is 5.41 Å². The standard InChI is InChI=1S/C23H31NO/c1-22(2,3)23(20-10-7-11-21(25)18-20)13-16-24(17-14-23)15-12-19-8-5-4-6-9-19/h4-11,18,25H,12-17H2,1-3H3. The lowest BCUT2D eigenvalue weighted by Crippen LogP contribution is -2.50. The van der Waals surface area contributed by atoms with Crippen LogP contribution in [0.25, 0.3) is 0 Å². The smallest absolute Gasteiger partial charge is 0.115 e. The van der Waals surface area contributed by atoms with Crippen LogP contribution in [-0.4, -0.2) is 29.6 Å². The zero-order valence-corrected chi connectivity index (χ0v) is 15.8. The summed E-state index contributed by atoms with van der Waals surface area (Å²) in [5, 5.41) is 9.98. The van der Waals surface area contributed by atoms with Gasteiger partial charge in [-0.2, -0.15) is 0 Å². The van der Waals surface area contributed by atoms with Gasteiger partial charge in [0.2, 0.25) is 0 Å². The lowest BCUT2D eigenvalue weighted by molar-refractivity contribution is 0.0747. The maximum atomic E-state index is 9.98. The number of aromatic hydroxyl groups is 1. The zero-order valence-electron chi connectivity index (χ0n) is 15.8. The molecule has 2 nitrogen and oxygen atoms in total. The number of phenols is 1. The molecule has 0 bridgehead atoms.